The highest BCUT2D eigenvalue weighted by Gasteiger charge is 2.51. The molecule has 0 N–H and O–H groups in total. The van der Waals surface area contributed by atoms with Crippen LogP contribution < -0.4 is 0 Å². The second-order valence-electron chi connectivity index (χ2n) is 3.08. The molecule has 1 aliphatic rings. The summed E-state index contributed by atoms with van der Waals surface area (Å²) in [6, 6.07) is 0. The van der Waals surface area contributed by atoms with Crippen molar-refractivity contribution >= 4 is 0 Å². The van der Waals surface area contributed by atoms with Crippen LogP contribution in [-0.4, -0.2) is 30.9 Å². The van der Waals surface area contributed by atoms with Gasteiger partial charge in [0.15, 0.2) is 18.5 Å². The van der Waals surface area contributed by atoms with Gasteiger partial charge < -0.3 is 0 Å². The van der Waals surface area contributed by atoms with Crippen molar-refractivity contribution in [2.24, 2.45) is 5.92 Å². The quantitative estimate of drug-likeness (QED) is 0.512. The minimum Gasteiger partial charge on any atom is -0.244 e. The molecular weight excluding hydrogens is 179 g/mol. The van der Waals surface area contributed by atoms with E-state index in [9.17, 15) is 22.0 Å². The Morgan fingerprint density at radius 3 is 1.17 bits per heavy atom. The molecule has 4 unspecified atom stereocenters. The summed E-state index contributed by atoms with van der Waals surface area (Å²) in [4.78, 5) is 0. The summed E-state index contributed by atoms with van der Waals surface area (Å²) >= 11 is 0. The van der Waals surface area contributed by atoms with E-state index in [2.05, 4.69) is 0 Å². The van der Waals surface area contributed by atoms with Crippen molar-refractivity contribution in [2.75, 3.05) is 0 Å². The second kappa shape index (κ2) is 3.18. The lowest BCUT2D eigenvalue weighted by atomic mass is 9.83. The molecule has 1 rings (SSSR count). The van der Waals surface area contributed by atoms with E-state index >= 15 is 0 Å². The van der Waals surface area contributed by atoms with Gasteiger partial charge in [0.2, 0.25) is 0 Å². The Balaban J connectivity index is 2.76. The molecule has 1 saturated carbocycles. The Bertz CT molecular complexity index is 103. The van der Waals surface area contributed by atoms with Gasteiger partial charge >= 0.3 is 0 Å². The van der Waals surface area contributed by atoms with Crippen molar-refractivity contribution in [1.82, 2.24) is 0 Å². The van der Waals surface area contributed by atoms with E-state index in [0.717, 1.165) is 6.92 Å². The Labute approximate surface area is 66.8 Å². The van der Waals surface area contributed by atoms with E-state index in [1.165, 1.54) is 0 Å². The van der Waals surface area contributed by atoms with Crippen LogP contribution in [-0.2, 0) is 0 Å². The molecule has 0 aromatic heterocycles. The molecule has 0 radical (unpaired) electrons. The lowest BCUT2D eigenvalue weighted by Gasteiger charge is -2.34. The second-order valence-corrected chi connectivity index (χ2v) is 3.08. The van der Waals surface area contributed by atoms with E-state index in [1.807, 2.05) is 0 Å². The van der Waals surface area contributed by atoms with Gasteiger partial charge in [-0.2, -0.15) is 0 Å². The van der Waals surface area contributed by atoms with E-state index in [0.29, 0.717) is 0 Å². The summed E-state index contributed by atoms with van der Waals surface area (Å²) in [7, 11) is 0. The smallest absolute Gasteiger partial charge is 0.168 e. The minimum atomic E-state index is -2.67. The van der Waals surface area contributed by atoms with Crippen molar-refractivity contribution in [2.45, 2.75) is 37.8 Å². The van der Waals surface area contributed by atoms with Gasteiger partial charge in [0.25, 0.3) is 0 Å². The highest BCUT2D eigenvalue weighted by molar-refractivity contribution is 4.97. The first-order chi connectivity index (χ1) is 5.46. The molecule has 0 aromatic rings. The first kappa shape index (κ1) is 9.74. The van der Waals surface area contributed by atoms with Crippen LogP contribution in [0.25, 0.3) is 0 Å². The Kier molecular flexibility index (Phi) is 2.58. The third-order valence-electron chi connectivity index (χ3n) is 2.22. The van der Waals surface area contributed by atoms with Gasteiger partial charge in [-0.05, 0) is 0 Å². The predicted molar refractivity (Wildman–Crippen MR) is 33.6 cm³/mol. The molecule has 0 aromatic carbocycles. The van der Waals surface area contributed by atoms with Crippen LogP contribution >= 0.6 is 0 Å². The lowest BCUT2D eigenvalue weighted by Crippen LogP contribution is -2.52. The van der Waals surface area contributed by atoms with Crippen molar-refractivity contribution < 1.29 is 22.0 Å². The maximum atomic E-state index is 12.6. The van der Waals surface area contributed by atoms with Gasteiger partial charge in [0, 0.05) is 5.92 Å². The topological polar surface area (TPSA) is 0 Å². The summed E-state index contributed by atoms with van der Waals surface area (Å²) in [6.07, 6.45) is -12.3. The summed E-state index contributed by atoms with van der Waals surface area (Å²) in [5.74, 6) is -1.41. The van der Waals surface area contributed by atoms with Gasteiger partial charge in [-0.15, -0.1) is 0 Å². The molecule has 1 fully saturated rings. The lowest BCUT2D eigenvalue weighted by molar-refractivity contribution is -0.0828. The van der Waals surface area contributed by atoms with Gasteiger partial charge in [-0.25, -0.2) is 22.0 Å². The molecule has 6 atom stereocenters. The molecule has 0 nitrogen and oxygen atoms in total. The fourth-order valence-electron chi connectivity index (χ4n) is 1.28. The number of halogens is 5. The average molecular weight is 188 g/mol. The van der Waals surface area contributed by atoms with Crippen molar-refractivity contribution in [3.8, 4) is 0 Å². The molecule has 0 amide bonds. The van der Waals surface area contributed by atoms with E-state index in [4.69, 9.17) is 0 Å². The average Bonchev–Trinajstić information content (AvgIpc) is 2.08. The maximum Gasteiger partial charge on any atom is 0.168 e. The molecule has 1 aliphatic carbocycles. The van der Waals surface area contributed by atoms with Gasteiger partial charge in [-0.3, -0.25) is 0 Å². The molecule has 0 aliphatic heterocycles. The number of rotatable bonds is 0. The molecule has 5 heteroatoms. The van der Waals surface area contributed by atoms with Crippen molar-refractivity contribution in [3.05, 3.63) is 0 Å². The molecular formula is C7H9F5. The maximum absolute atomic E-state index is 12.6. The monoisotopic (exact) mass is 188 g/mol. The fraction of sp³-hybridized carbons (Fsp3) is 1.00. The van der Waals surface area contributed by atoms with E-state index < -0.39 is 36.8 Å². The van der Waals surface area contributed by atoms with Crippen LogP contribution in [0, 0.1) is 5.92 Å². The molecule has 12 heavy (non-hydrogen) atoms. The van der Waals surface area contributed by atoms with Crippen LogP contribution in [0.1, 0.15) is 6.92 Å². The largest absolute Gasteiger partial charge is 0.244 e. The predicted octanol–water partition coefficient (Wildman–Crippen LogP) is 2.33. The molecule has 0 saturated heterocycles. The number of alkyl halides is 5. The fourth-order valence-corrected chi connectivity index (χ4v) is 1.28. The van der Waals surface area contributed by atoms with E-state index in [-0.39, 0.29) is 0 Å². The first-order valence-corrected chi connectivity index (χ1v) is 3.67. The number of hydrogen-bond donors (Lipinski definition) is 0. The number of hydrogen-bond acceptors (Lipinski definition) is 0. The first-order valence-electron chi connectivity index (χ1n) is 3.67. The van der Waals surface area contributed by atoms with Crippen molar-refractivity contribution in [3.63, 3.8) is 0 Å². The third-order valence-corrected chi connectivity index (χ3v) is 2.22. The minimum absolute atomic E-state index is 1.03. The van der Waals surface area contributed by atoms with Crippen molar-refractivity contribution in [1.29, 1.82) is 0 Å². The van der Waals surface area contributed by atoms with Gasteiger partial charge in [0.1, 0.15) is 12.3 Å². The third kappa shape index (κ3) is 1.29. The van der Waals surface area contributed by atoms with Crippen LogP contribution in [0.15, 0.2) is 0 Å². The summed E-state index contributed by atoms with van der Waals surface area (Å²) in [5.41, 5.74) is 0. The summed E-state index contributed by atoms with van der Waals surface area (Å²) < 4.78 is 62.6. The zero-order valence-corrected chi connectivity index (χ0v) is 6.35. The van der Waals surface area contributed by atoms with Crippen LogP contribution in [0.2, 0.25) is 0 Å². The Morgan fingerprint density at radius 2 is 0.833 bits per heavy atom. The van der Waals surface area contributed by atoms with E-state index in [1.54, 1.807) is 0 Å². The standard InChI is InChI=1S/C7H9F5/c1-2-3(8)5(10)7(12)6(11)4(2)9/h2-7H,1H3/t2?,3?,4?,5-,6?,7-/m0/s1. The highest BCUT2D eigenvalue weighted by Crippen LogP contribution is 2.35. The SMILES string of the molecule is CC1C(F)C(F)[C@@H](F)[C@@H](F)C1F. The molecule has 0 bridgehead atoms. The molecule has 72 valence electrons. The molecule has 0 heterocycles. The highest BCUT2D eigenvalue weighted by atomic mass is 19.2. The zero-order chi connectivity index (χ0) is 9.46. The van der Waals surface area contributed by atoms with Gasteiger partial charge in [-0.1, -0.05) is 6.92 Å². The molecule has 0 spiro atoms. The van der Waals surface area contributed by atoms with Crippen LogP contribution in [0.4, 0.5) is 22.0 Å². The van der Waals surface area contributed by atoms with Gasteiger partial charge in [0.05, 0.1) is 0 Å². The Morgan fingerprint density at radius 1 is 0.583 bits per heavy atom. The summed E-state index contributed by atoms with van der Waals surface area (Å²) in [5, 5.41) is 0. The van der Waals surface area contributed by atoms with Crippen LogP contribution in [0.5, 0.6) is 0 Å². The Hall–Kier alpha value is -0.350. The summed E-state index contributed by atoms with van der Waals surface area (Å²) in [6.45, 7) is 1.03. The van der Waals surface area contributed by atoms with Crippen LogP contribution in [0.3, 0.4) is 0 Å². The zero-order valence-electron chi connectivity index (χ0n) is 6.35. The normalized spacial score (nSPS) is 55.5.